The van der Waals surface area contributed by atoms with E-state index in [4.69, 9.17) is 4.74 Å². The molecule has 0 saturated carbocycles. The SMILES string of the molecule is CCN(CC)C[C@H]1CCCN1C(=O)OC(C)(C)C. The number of carbonyl (C=O) groups excluding carboxylic acids is 1. The first-order chi connectivity index (χ1) is 8.37. The molecule has 0 aromatic carbocycles. The molecule has 18 heavy (non-hydrogen) atoms. The first kappa shape index (κ1) is 15.3. The second-order valence-electron chi connectivity index (χ2n) is 5.96. The zero-order valence-electron chi connectivity index (χ0n) is 12.5. The minimum Gasteiger partial charge on any atom is -0.444 e. The summed E-state index contributed by atoms with van der Waals surface area (Å²) in [5, 5.41) is 0. The van der Waals surface area contributed by atoms with Gasteiger partial charge in [-0.1, -0.05) is 13.8 Å². The monoisotopic (exact) mass is 256 g/mol. The van der Waals surface area contributed by atoms with E-state index in [-0.39, 0.29) is 6.09 Å². The Labute approximate surface area is 111 Å². The average molecular weight is 256 g/mol. The van der Waals surface area contributed by atoms with Gasteiger partial charge in [0.1, 0.15) is 5.60 Å². The van der Waals surface area contributed by atoms with E-state index in [2.05, 4.69) is 18.7 Å². The molecule has 0 aromatic rings. The summed E-state index contributed by atoms with van der Waals surface area (Å²) in [5.74, 6) is 0. The van der Waals surface area contributed by atoms with Crippen LogP contribution >= 0.6 is 0 Å². The molecule has 1 amide bonds. The van der Waals surface area contributed by atoms with Crippen LogP contribution in [0.2, 0.25) is 0 Å². The van der Waals surface area contributed by atoms with Crippen molar-refractivity contribution >= 4 is 6.09 Å². The first-order valence-electron chi connectivity index (χ1n) is 7.09. The van der Waals surface area contributed by atoms with Crippen LogP contribution in [0, 0.1) is 0 Å². The lowest BCUT2D eigenvalue weighted by atomic mass is 10.2. The van der Waals surface area contributed by atoms with E-state index in [0.717, 1.165) is 39.0 Å². The van der Waals surface area contributed by atoms with E-state index in [9.17, 15) is 4.79 Å². The van der Waals surface area contributed by atoms with Gasteiger partial charge in [0, 0.05) is 19.1 Å². The fourth-order valence-corrected chi connectivity index (χ4v) is 2.37. The topological polar surface area (TPSA) is 32.8 Å². The molecule has 1 saturated heterocycles. The van der Waals surface area contributed by atoms with Crippen LogP contribution in [0.4, 0.5) is 4.79 Å². The van der Waals surface area contributed by atoms with Crippen LogP contribution < -0.4 is 0 Å². The predicted molar refractivity (Wildman–Crippen MR) is 73.8 cm³/mol. The number of ether oxygens (including phenoxy) is 1. The van der Waals surface area contributed by atoms with Crippen molar-refractivity contribution in [1.82, 2.24) is 9.80 Å². The fourth-order valence-electron chi connectivity index (χ4n) is 2.37. The molecule has 4 nitrogen and oxygen atoms in total. The van der Waals surface area contributed by atoms with Crippen LogP contribution in [-0.4, -0.2) is 53.7 Å². The quantitative estimate of drug-likeness (QED) is 0.775. The summed E-state index contributed by atoms with van der Waals surface area (Å²) in [6.45, 7) is 13.9. The van der Waals surface area contributed by atoms with Gasteiger partial charge in [0.25, 0.3) is 0 Å². The highest BCUT2D eigenvalue weighted by atomic mass is 16.6. The molecule has 0 aromatic heterocycles. The number of carbonyl (C=O) groups is 1. The molecule has 1 fully saturated rings. The molecular formula is C14H28N2O2. The van der Waals surface area contributed by atoms with Crippen LogP contribution in [0.1, 0.15) is 47.5 Å². The molecule has 0 N–H and O–H groups in total. The number of rotatable bonds is 4. The maximum atomic E-state index is 12.1. The molecule has 1 rings (SSSR count). The standard InChI is InChI=1S/C14H28N2O2/c1-6-15(7-2)11-12-9-8-10-16(12)13(17)18-14(3,4)5/h12H,6-11H2,1-5H3/t12-/m1/s1. The lowest BCUT2D eigenvalue weighted by Crippen LogP contribution is -2.45. The van der Waals surface area contributed by atoms with Gasteiger partial charge >= 0.3 is 6.09 Å². The van der Waals surface area contributed by atoms with Crippen molar-refractivity contribution in [3.05, 3.63) is 0 Å². The number of hydrogen-bond acceptors (Lipinski definition) is 3. The van der Waals surface area contributed by atoms with Gasteiger partial charge in [-0.15, -0.1) is 0 Å². The van der Waals surface area contributed by atoms with E-state index in [1.165, 1.54) is 0 Å². The summed E-state index contributed by atoms with van der Waals surface area (Å²) >= 11 is 0. The summed E-state index contributed by atoms with van der Waals surface area (Å²) < 4.78 is 5.47. The summed E-state index contributed by atoms with van der Waals surface area (Å²) in [6.07, 6.45) is 2.03. The fraction of sp³-hybridized carbons (Fsp3) is 0.929. The van der Waals surface area contributed by atoms with Gasteiger partial charge in [0.15, 0.2) is 0 Å². The third kappa shape index (κ3) is 4.48. The van der Waals surface area contributed by atoms with Crippen molar-refractivity contribution in [1.29, 1.82) is 0 Å². The Kier molecular flexibility index (Phi) is 5.45. The summed E-state index contributed by atoms with van der Waals surface area (Å²) in [6, 6.07) is 0.319. The third-order valence-corrected chi connectivity index (χ3v) is 3.37. The van der Waals surface area contributed by atoms with Crippen LogP contribution in [0.3, 0.4) is 0 Å². The largest absolute Gasteiger partial charge is 0.444 e. The Morgan fingerprint density at radius 3 is 2.44 bits per heavy atom. The van der Waals surface area contributed by atoms with E-state index in [1.54, 1.807) is 0 Å². The van der Waals surface area contributed by atoms with Crippen LogP contribution in [-0.2, 0) is 4.74 Å². The zero-order valence-corrected chi connectivity index (χ0v) is 12.5. The highest BCUT2D eigenvalue weighted by molar-refractivity contribution is 5.69. The zero-order chi connectivity index (χ0) is 13.8. The lowest BCUT2D eigenvalue weighted by Gasteiger charge is -2.31. The smallest absolute Gasteiger partial charge is 0.410 e. The molecule has 0 bridgehead atoms. The molecule has 4 heteroatoms. The van der Waals surface area contributed by atoms with Crippen molar-refractivity contribution in [3.8, 4) is 0 Å². The van der Waals surface area contributed by atoms with Crippen molar-refractivity contribution in [2.24, 2.45) is 0 Å². The second-order valence-corrected chi connectivity index (χ2v) is 5.96. The highest BCUT2D eigenvalue weighted by Crippen LogP contribution is 2.21. The number of hydrogen-bond donors (Lipinski definition) is 0. The Balaban J connectivity index is 2.56. The minimum atomic E-state index is -0.403. The Bertz CT molecular complexity index is 269. The van der Waals surface area contributed by atoms with Gasteiger partial charge in [-0.05, 0) is 46.7 Å². The number of nitrogens with zero attached hydrogens (tertiary/aromatic N) is 2. The summed E-state index contributed by atoms with van der Waals surface area (Å²) in [7, 11) is 0. The average Bonchev–Trinajstić information content (AvgIpc) is 2.71. The molecule has 0 spiro atoms. The Hall–Kier alpha value is -0.770. The van der Waals surface area contributed by atoms with E-state index < -0.39 is 5.60 Å². The van der Waals surface area contributed by atoms with Crippen molar-refractivity contribution in [2.45, 2.75) is 59.1 Å². The van der Waals surface area contributed by atoms with Crippen LogP contribution in [0.5, 0.6) is 0 Å². The van der Waals surface area contributed by atoms with Crippen LogP contribution in [0.15, 0.2) is 0 Å². The minimum absolute atomic E-state index is 0.155. The number of likely N-dealkylation sites (tertiary alicyclic amines) is 1. The Morgan fingerprint density at radius 1 is 1.33 bits per heavy atom. The molecular weight excluding hydrogens is 228 g/mol. The van der Waals surface area contributed by atoms with Gasteiger partial charge < -0.3 is 14.5 Å². The maximum absolute atomic E-state index is 12.1. The summed E-state index contributed by atoms with van der Waals surface area (Å²) in [5.41, 5.74) is -0.403. The van der Waals surface area contributed by atoms with Crippen LogP contribution in [0.25, 0.3) is 0 Å². The van der Waals surface area contributed by atoms with E-state index in [0.29, 0.717) is 6.04 Å². The molecule has 1 aliphatic rings. The van der Waals surface area contributed by atoms with Crippen molar-refractivity contribution < 1.29 is 9.53 Å². The van der Waals surface area contributed by atoms with E-state index in [1.807, 2.05) is 25.7 Å². The molecule has 0 radical (unpaired) electrons. The number of likely N-dealkylation sites (N-methyl/N-ethyl adjacent to an activating group) is 1. The van der Waals surface area contributed by atoms with Crippen molar-refractivity contribution in [2.75, 3.05) is 26.2 Å². The third-order valence-electron chi connectivity index (χ3n) is 3.37. The van der Waals surface area contributed by atoms with Gasteiger partial charge in [0.05, 0.1) is 0 Å². The normalized spacial score (nSPS) is 20.6. The second kappa shape index (κ2) is 6.41. The molecule has 106 valence electrons. The molecule has 0 unspecified atom stereocenters. The molecule has 1 heterocycles. The van der Waals surface area contributed by atoms with E-state index >= 15 is 0 Å². The lowest BCUT2D eigenvalue weighted by molar-refractivity contribution is 0.0199. The molecule has 1 aliphatic heterocycles. The maximum Gasteiger partial charge on any atom is 0.410 e. The van der Waals surface area contributed by atoms with Gasteiger partial charge in [-0.3, -0.25) is 0 Å². The molecule has 1 atom stereocenters. The number of amides is 1. The van der Waals surface area contributed by atoms with Crippen molar-refractivity contribution in [3.63, 3.8) is 0 Å². The van der Waals surface area contributed by atoms with Gasteiger partial charge in [-0.2, -0.15) is 0 Å². The van der Waals surface area contributed by atoms with Gasteiger partial charge in [-0.25, -0.2) is 4.79 Å². The highest BCUT2D eigenvalue weighted by Gasteiger charge is 2.32. The van der Waals surface area contributed by atoms with Gasteiger partial charge in [0.2, 0.25) is 0 Å². The summed E-state index contributed by atoms with van der Waals surface area (Å²) in [4.78, 5) is 16.4. The predicted octanol–water partition coefficient (Wildman–Crippen LogP) is 2.73. The first-order valence-corrected chi connectivity index (χ1v) is 7.09. The molecule has 0 aliphatic carbocycles. The Morgan fingerprint density at radius 2 is 1.94 bits per heavy atom.